The molecule has 2 amide bonds. The molecule has 0 saturated heterocycles. The molecule has 0 spiro atoms. The van der Waals surface area contributed by atoms with E-state index in [2.05, 4.69) is 10.6 Å². The molecule has 1 aromatic carbocycles. The van der Waals surface area contributed by atoms with Gasteiger partial charge >= 0.3 is 12.0 Å². The van der Waals surface area contributed by atoms with Crippen LogP contribution in [0, 0.1) is 0 Å². The third-order valence-electron chi connectivity index (χ3n) is 2.87. The summed E-state index contributed by atoms with van der Waals surface area (Å²) in [5.74, 6) is -0.951. The maximum absolute atomic E-state index is 11.5. The lowest BCUT2D eigenvalue weighted by Gasteiger charge is -2.13. The molecule has 116 valence electrons. The molecule has 1 rings (SSSR count). The van der Waals surface area contributed by atoms with E-state index in [-0.39, 0.29) is 17.7 Å². The van der Waals surface area contributed by atoms with Crippen molar-refractivity contribution < 1.29 is 19.4 Å². The van der Waals surface area contributed by atoms with E-state index in [0.29, 0.717) is 26.1 Å². The molecule has 0 aliphatic rings. The maximum Gasteiger partial charge on any atom is 0.335 e. The van der Waals surface area contributed by atoms with Gasteiger partial charge in [0.1, 0.15) is 0 Å². The Morgan fingerprint density at radius 1 is 1.33 bits per heavy atom. The van der Waals surface area contributed by atoms with Crippen molar-refractivity contribution in [2.75, 3.05) is 19.7 Å². The predicted octanol–water partition coefficient (Wildman–Crippen LogP) is 1.65. The quantitative estimate of drug-likeness (QED) is 0.680. The minimum atomic E-state index is -0.951. The van der Waals surface area contributed by atoms with E-state index in [4.69, 9.17) is 9.84 Å². The zero-order chi connectivity index (χ0) is 15.7. The number of carbonyl (C=O) groups excluding carboxylic acids is 1. The Morgan fingerprint density at radius 3 is 2.76 bits per heavy atom. The molecule has 0 aromatic heterocycles. The molecule has 6 heteroatoms. The Bertz CT molecular complexity index is 476. The van der Waals surface area contributed by atoms with Crippen LogP contribution in [0.3, 0.4) is 0 Å². The Balaban J connectivity index is 2.28. The number of carboxylic acid groups (broad SMARTS) is 1. The van der Waals surface area contributed by atoms with Gasteiger partial charge in [-0.05, 0) is 38.0 Å². The number of rotatable bonds is 8. The van der Waals surface area contributed by atoms with Crippen LogP contribution in [0.15, 0.2) is 24.3 Å². The molecule has 0 saturated carbocycles. The SMILES string of the molecule is CCOC(C)CNC(=O)NCCc1cccc(C(=O)O)c1. The summed E-state index contributed by atoms with van der Waals surface area (Å²) in [5.41, 5.74) is 1.13. The number of aromatic carboxylic acids is 1. The van der Waals surface area contributed by atoms with Crippen molar-refractivity contribution in [3.63, 3.8) is 0 Å². The highest BCUT2D eigenvalue weighted by Gasteiger charge is 2.05. The summed E-state index contributed by atoms with van der Waals surface area (Å²) in [6.07, 6.45) is 0.559. The Kier molecular flexibility index (Phi) is 7.25. The molecule has 0 bridgehead atoms. The second-order valence-electron chi connectivity index (χ2n) is 4.66. The molecule has 0 aliphatic heterocycles. The molecule has 3 N–H and O–H groups in total. The fourth-order valence-electron chi connectivity index (χ4n) is 1.82. The second-order valence-corrected chi connectivity index (χ2v) is 4.66. The van der Waals surface area contributed by atoms with Crippen molar-refractivity contribution >= 4 is 12.0 Å². The average molecular weight is 294 g/mol. The summed E-state index contributed by atoms with van der Waals surface area (Å²) in [5, 5.41) is 14.3. The van der Waals surface area contributed by atoms with E-state index in [1.807, 2.05) is 19.9 Å². The van der Waals surface area contributed by atoms with E-state index < -0.39 is 5.97 Å². The van der Waals surface area contributed by atoms with E-state index in [1.165, 1.54) is 0 Å². The van der Waals surface area contributed by atoms with Crippen molar-refractivity contribution in [1.82, 2.24) is 10.6 Å². The van der Waals surface area contributed by atoms with Gasteiger partial charge in [0.05, 0.1) is 11.7 Å². The minimum absolute atomic E-state index is 0.0204. The molecular formula is C15H22N2O4. The number of carbonyl (C=O) groups is 2. The third kappa shape index (κ3) is 6.76. The van der Waals surface area contributed by atoms with Crippen molar-refractivity contribution in [2.24, 2.45) is 0 Å². The highest BCUT2D eigenvalue weighted by molar-refractivity contribution is 5.87. The summed E-state index contributed by atoms with van der Waals surface area (Å²) in [7, 11) is 0. The standard InChI is InChI=1S/C15H22N2O4/c1-3-21-11(2)10-17-15(20)16-8-7-12-5-4-6-13(9-12)14(18)19/h4-6,9,11H,3,7-8,10H2,1-2H3,(H,18,19)(H2,16,17,20). The van der Waals surface area contributed by atoms with Gasteiger partial charge < -0.3 is 20.5 Å². The fraction of sp³-hybridized carbons (Fsp3) is 0.467. The van der Waals surface area contributed by atoms with Crippen LogP contribution < -0.4 is 10.6 Å². The zero-order valence-corrected chi connectivity index (χ0v) is 12.4. The van der Waals surface area contributed by atoms with Crippen LogP contribution in [0.4, 0.5) is 4.79 Å². The summed E-state index contributed by atoms with van der Waals surface area (Å²) in [6, 6.07) is 6.43. The van der Waals surface area contributed by atoms with Crippen LogP contribution in [0.1, 0.15) is 29.8 Å². The highest BCUT2D eigenvalue weighted by Crippen LogP contribution is 2.05. The number of urea groups is 1. The molecule has 0 aliphatic carbocycles. The first-order valence-electron chi connectivity index (χ1n) is 6.98. The van der Waals surface area contributed by atoms with Crippen molar-refractivity contribution in [3.8, 4) is 0 Å². The molecule has 21 heavy (non-hydrogen) atoms. The molecule has 0 heterocycles. The predicted molar refractivity (Wildman–Crippen MR) is 79.6 cm³/mol. The van der Waals surface area contributed by atoms with Gasteiger partial charge in [0, 0.05) is 19.7 Å². The summed E-state index contributed by atoms with van der Waals surface area (Å²) in [4.78, 5) is 22.4. The molecular weight excluding hydrogens is 272 g/mol. The number of carboxylic acids is 1. The molecule has 1 aromatic rings. The maximum atomic E-state index is 11.5. The summed E-state index contributed by atoms with van der Waals surface area (Å²) >= 11 is 0. The van der Waals surface area contributed by atoms with Gasteiger partial charge in [0.25, 0.3) is 0 Å². The third-order valence-corrected chi connectivity index (χ3v) is 2.87. The van der Waals surface area contributed by atoms with Crippen LogP contribution in [-0.4, -0.2) is 42.9 Å². The number of hydrogen-bond donors (Lipinski definition) is 3. The Morgan fingerprint density at radius 2 is 2.10 bits per heavy atom. The number of hydrogen-bond acceptors (Lipinski definition) is 3. The molecule has 1 atom stereocenters. The van der Waals surface area contributed by atoms with Gasteiger partial charge in [-0.3, -0.25) is 0 Å². The largest absolute Gasteiger partial charge is 0.478 e. The first kappa shape index (κ1) is 17.0. The number of amides is 2. The number of benzene rings is 1. The van der Waals surface area contributed by atoms with Crippen LogP contribution in [0.25, 0.3) is 0 Å². The zero-order valence-electron chi connectivity index (χ0n) is 12.4. The van der Waals surface area contributed by atoms with Gasteiger partial charge in [-0.2, -0.15) is 0 Å². The van der Waals surface area contributed by atoms with Crippen LogP contribution >= 0.6 is 0 Å². The van der Waals surface area contributed by atoms with Crippen LogP contribution in [-0.2, 0) is 11.2 Å². The van der Waals surface area contributed by atoms with E-state index in [9.17, 15) is 9.59 Å². The van der Waals surface area contributed by atoms with Crippen molar-refractivity contribution in [3.05, 3.63) is 35.4 Å². The van der Waals surface area contributed by atoms with Crippen LogP contribution in [0.2, 0.25) is 0 Å². The van der Waals surface area contributed by atoms with Crippen LogP contribution in [0.5, 0.6) is 0 Å². The van der Waals surface area contributed by atoms with Gasteiger partial charge in [-0.1, -0.05) is 12.1 Å². The lowest BCUT2D eigenvalue weighted by Crippen LogP contribution is -2.40. The lowest BCUT2D eigenvalue weighted by atomic mass is 10.1. The normalized spacial score (nSPS) is 11.7. The molecule has 6 nitrogen and oxygen atoms in total. The van der Waals surface area contributed by atoms with Gasteiger partial charge in [-0.25, -0.2) is 9.59 Å². The minimum Gasteiger partial charge on any atom is -0.478 e. The van der Waals surface area contributed by atoms with Gasteiger partial charge in [0.15, 0.2) is 0 Å². The molecule has 0 fully saturated rings. The lowest BCUT2D eigenvalue weighted by molar-refractivity contribution is 0.0696. The summed E-state index contributed by atoms with van der Waals surface area (Å²) < 4.78 is 5.30. The summed E-state index contributed by atoms with van der Waals surface area (Å²) in [6.45, 7) is 5.31. The Labute approximate surface area is 124 Å². The molecule has 1 unspecified atom stereocenters. The van der Waals surface area contributed by atoms with E-state index >= 15 is 0 Å². The second kappa shape index (κ2) is 8.97. The molecule has 0 radical (unpaired) electrons. The fourth-order valence-corrected chi connectivity index (χ4v) is 1.82. The van der Waals surface area contributed by atoms with Gasteiger partial charge in [0.2, 0.25) is 0 Å². The topological polar surface area (TPSA) is 87.7 Å². The first-order chi connectivity index (χ1) is 10.0. The Hall–Kier alpha value is -2.08. The van der Waals surface area contributed by atoms with Crippen molar-refractivity contribution in [1.29, 1.82) is 0 Å². The van der Waals surface area contributed by atoms with E-state index in [0.717, 1.165) is 5.56 Å². The highest BCUT2D eigenvalue weighted by atomic mass is 16.5. The first-order valence-corrected chi connectivity index (χ1v) is 6.98. The smallest absolute Gasteiger partial charge is 0.335 e. The van der Waals surface area contributed by atoms with Crippen molar-refractivity contribution in [2.45, 2.75) is 26.4 Å². The number of nitrogens with one attached hydrogen (secondary N) is 2. The number of ether oxygens (including phenoxy) is 1. The van der Waals surface area contributed by atoms with E-state index in [1.54, 1.807) is 18.2 Å². The monoisotopic (exact) mass is 294 g/mol. The van der Waals surface area contributed by atoms with Gasteiger partial charge in [-0.15, -0.1) is 0 Å². The average Bonchev–Trinajstić information content (AvgIpc) is 2.46.